The monoisotopic (exact) mass is 500 g/mol. The Labute approximate surface area is 175 Å². The second kappa shape index (κ2) is 11.7. The Balaban J connectivity index is 0.00000364. The zero-order valence-corrected chi connectivity index (χ0v) is 17.7. The van der Waals surface area contributed by atoms with Crippen LogP contribution in [0.25, 0.3) is 0 Å². The molecule has 2 unspecified atom stereocenters. The molecule has 27 heavy (non-hydrogen) atoms. The molecule has 1 aromatic rings. The number of nitrogens with zero attached hydrogens (tertiary/aromatic N) is 2. The van der Waals surface area contributed by atoms with Gasteiger partial charge >= 0.3 is 6.18 Å². The van der Waals surface area contributed by atoms with Gasteiger partial charge in [0.2, 0.25) is 0 Å². The van der Waals surface area contributed by atoms with Crippen LogP contribution in [0.5, 0.6) is 0 Å². The van der Waals surface area contributed by atoms with Crippen molar-refractivity contribution in [2.45, 2.75) is 18.5 Å². The molecule has 1 heterocycles. The van der Waals surface area contributed by atoms with E-state index in [2.05, 4.69) is 15.6 Å². The molecule has 0 amide bonds. The van der Waals surface area contributed by atoms with Crippen LogP contribution >= 0.6 is 24.0 Å². The number of rotatable bonds is 7. The number of benzene rings is 1. The Bertz CT molecular complexity index is 571. The zero-order valence-electron chi connectivity index (χ0n) is 15.4. The molecule has 154 valence electrons. The van der Waals surface area contributed by atoms with Gasteiger partial charge < -0.3 is 15.7 Å². The number of aliphatic hydroxyl groups excluding tert-OH is 1. The normalized spacial score (nSPS) is 19.4. The summed E-state index contributed by atoms with van der Waals surface area (Å²) in [6.07, 6.45) is -3.40. The van der Waals surface area contributed by atoms with Crippen molar-refractivity contribution in [2.75, 3.05) is 46.4 Å². The molecule has 3 N–H and O–H groups in total. The van der Waals surface area contributed by atoms with Crippen LogP contribution in [0.2, 0.25) is 0 Å². The molecule has 1 aliphatic heterocycles. The van der Waals surface area contributed by atoms with Crippen LogP contribution < -0.4 is 10.6 Å². The Morgan fingerprint density at radius 3 is 2.59 bits per heavy atom. The maximum Gasteiger partial charge on any atom is 0.401 e. The summed E-state index contributed by atoms with van der Waals surface area (Å²) in [4.78, 5) is 5.59. The molecule has 0 radical (unpaired) electrons. The predicted octanol–water partition coefficient (Wildman–Crippen LogP) is 2.43. The highest BCUT2D eigenvalue weighted by Gasteiger charge is 2.34. The summed E-state index contributed by atoms with van der Waals surface area (Å²) < 4.78 is 37.3. The highest BCUT2D eigenvalue weighted by molar-refractivity contribution is 14.0. The summed E-state index contributed by atoms with van der Waals surface area (Å²) in [6, 6.07) is 9.71. The average Bonchev–Trinajstić information content (AvgIpc) is 3.04. The minimum atomic E-state index is -4.14. The lowest BCUT2D eigenvalue weighted by Crippen LogP contribution is -2.42. The van der Waals surface area contributed by atoms with E-state index in [9.17, 15) is 18.3 Å². The fraction of sp³-hybridized carbons (Fsp3) is 0.611. The summed E-state index contributed by atoms with van der Waals surface area (Å²) >= 11 is 0. The number of aliphatic hydroxyl groups is 1. The minimum Gasteiger partial charge on any atom is -0.396 e. The van der Waals surface area contributed by atoms with E-state index in [1.54, 1.807) is 7.05 Å². The lowest BCUT2D eigenvalue weighted by atomic mass is 10.0. The number of guanidine groups is 1. The average molecular weight is 500 g/mol. The van der Waals surface area contributed by atoms with E-state index >= 15 is 0 Å². The summed E-state index contributed by atoms with van der Waals surface area (Å²) in [5.74, 6) is 0.704. The van der Waals surface area contributed by atoms with Gasteiger partial charge in [-0.2, -0.15) is 13.2 Å². The summed E-state index contributed by atoms with van der Waals surface area (Å²) in [5.41, 5.74) is 1.04. The number of alkyl halides is 3. The van der Waals surface area contributed by atoms with Gasteiger partial charge in [-0.1, -0.05) is 30.3 Å². The molecular weight excluding hydrogens is 472 g/mol. The molecule has 9 heteroatoms. The quantitative estimate of drug-likeness (QED) is 0.306. The Morgan fingerprint density at radius 2 is 2.00 bits per heavy atom. The Morgan fingerprint density at radius 1 is 1.30 bits per heavy atom. The van der Waals surface area contributed by atoms with Crippen molar-refractivity contribution in [3.8, 4) is 0 Å². The molecule has 1 fully saturated rings. The van der Waals surface area contributed by atoms with Crippen molar-refractivity contribution >= 4 is 29.9 Å². The third-order valence-electron chi connectivity index (χ3n) is 4.56. The van der Waals surface area contributed by atoms with Crippen LogP contribution in [-0.2, 0) is 0 Å². The number of nitrogens with one attached hydrogen (secondary N) is 2. The van der Waals surface area contributed by atoms with E-state index in [-0.39, 0.29) is 42.4 Å². The molecular formula is C18H28F3IN4O. The molecule has 2 rings (SSSR count). The highest BCUT2D eigenvalue weighted by atomic mass is 127. The van der Waals surface area contributed by atoms with Crippen LogP contribution in [0, 0.1) is 5.92 Å². The number of hydrogen-bond donors (Lipinski definition) is 3. The molecule has 0 aromatic heterocycles. The van der Waals surface area contributed by atoms with Gasteiger partial charge in [0.05, 0.1) is 13.2 Å². The van der Waals surface area contributed by atoms with Gasteiger partial charge in [0.15, 0.2) is 5.96 Å². The number of aliphatic imine (C=N–C) groups is 1. The lowest BCUT2D eigenvalue weighted by Gasteiger charge is -2.20. The number of halogens is 4. The Kier molecular flexibility index (Phi) is 10.4. The molecule has 0 bridgehead atoms. The van der Waals surface area contributed by atoms with E-state index in [1.165, 1.54) is 4.90 Å². The summed E-state index contributed by atoms with van der Waals surface area (Å²) in [5, 5.41) is 15.9. The standard InChI is InChI=1S/C18H27F3N4O.HI/c1-22-17(24-10-16(12-26)15-5-3-2-4-6-15)23-9-14-7-8-25(11-14)13-18(19,20)21;/h2-6,14,16,26H,7-13H2,1H3,(H2,22,23,24);1H. The van der Waals surface area contributed by atoms with Crippen molar-refractivity contribution in [3.63, 3.8) is 0 Å². The highest BCUT2D eigenvalue weighted by Crippen LogP contribution is 2.22. The van der Waals surface area contributed by atoms with Crippen LogP contribution in [0.3, 0.4) is 0 Å². The van der Waals surface area contributed by atoms with Gasteiger partial charge in [-0.3, -0.25) is 9.89 Å². The molecule has 1 aliphatic rings. The van der Waals surface area contributed by atoms with Gasteiger partial charge in [-0.05, 0) is 24.4 Å². The van der Waals surface area contributed by atoms with Gasteiger partial charge in [-0.15, -0.1) is 24.0 Å². The van der Waals surface area contributed by atoms with Gasteiger partial charge in [-0.25, -0.2) is 0 Å². The largest absolute Gasteiger partial charge is 0.401 e. The van der Waals surface area contributed by atoms with Crippen molar-refractivity contribution in [3.05, 3.63) is 35.9 Å². The smallest absolute Gasteiger partial charge is 0.396 e. The molecule has 0 spiro atoms. The third kappa shape index (κ3) is 8.65. The molecule has 1 aromatic carbocycles. The molecule has 0 aliphatic carbocycles. The maximum absolute atomic E-state index is 12.4. The first-order chi connectivity index (χ1) is 12.4. The van der Waals surface area contributed by atoms with Crippen LogP contribution in [0.4, 0.5) is 13.2 Å². The van der Waals surface area contributed by atoms with Gasteiger partial charge in [0, 0.05) is 32.6 Å². The maximum atomic E-state index is 12.4. The number of hydrogen-bond acceptors (Lipinski definition) is 3. The number of likely N-dealkylation sites (tertiary alicyclic amines) is 1. The van der Waals surface area contributed by atoms with Crippen molar-refractivity contribution in [2.24, 2.45) is 10.9 Å². The Hall–Kier alpha value is -1.07. The van der Waals surface area contributed by atoms with E-state index in [0.29, 0.717) is 32.1 Å². The summed E-state index contributed by atoms with van der Waals surface area (Å²) in [6.45, 7) is 1.17. The van der Waals surface area contributed by atoms with Crippen LogP contribution in [0.15, 0.2) is 35.3 Å². The van der Waals surface area contributed by atoms with E-state index in [4.69, 9.17) is 0 Å². The molecule has 2 atom stereocenters. The lowest BCUT2D eigenvalue weighted by molar-refractivity contribution is -0.143. The second-order valence-electron chi connectivity index (χ2n) is 6.63. The van der Waals surface area contributed by atoms with Crippen molar-refractivity contribution < 1.29 is 18.3 Å². The minimum absolute atomic E-state index is 0. The van der Waals surface area contributed by atoms with E-state index in [1.807, 2.05) is 30.3 Å². The first-order valence-electron chi connectivity index (χ1n) is 8.80. The summed E-state index contributed by atoms with van der Waals surface area (Å²) in [7, 11) is 1.65. The molecule has 5 nitrogen and oxygen atoms in total. The molecule has 0 saturated carbocycles. The SMILES string of the molecule is CN=C(NCC1CCN(CC(F)(F)F)C1)NCC(CO)c1ccccc1.I. The second-order valence-corrected chi connectivity index (χ2v) is 6.63. The topological polar surface area (TPSA) is 59.9 Å². The van der Waals surface area contributed by atoms with Gasteiger partial charge in [0.25, 0.3) is 0 Å². The van der Waals surface area contributed by atoms with E-state index in [0.717, 1.165) is 12.0 Å². The van der Waals surface area contributed by atoms with Gasteiger partial charge in [0.1, 0.15) is 0 Å². The predicted molar refractivity (Wildman–Crippen MR) is 112 cm³/mol. The molecule has 1 saturated heterocycles. The van der Waals surface area contributed by atoms with Crippen LogP contribution in [-0.4, -0.2) is 68.5 Å². The first kappa shape index (κ1) is 24.0. The fourth-order valence-corrected chi connectivity index (χ4v) is 3.17. The van der Waals surface area contributed by atoms with E-state index < -0.39 is 12.7 Å². The fourth-order valence-electron chi connectivity index (χ4n) is 3.17. The first-order valence-corrected chi connectivity index (χ1v) is 8.80. The van der Waals surface area contributed by atoms with Crippen molar-refractivity contribution in [1.82, 2.24) is 15.5 Å². The zero-order chi connectivity index (χ0) is 19.0. The third-order valence-corrected chi connectivity index (χ3v) is 4.56. The van der Waals surface area contributed by atoms with Crippen LogP contribution in [0.1, 0.15) is 17.9 Å². The van der Waals surface area contributed by atoms with Crippen molar-refractivity contribution in [1.29, 1.82) is 0 Å².